The van der Waals surface area contributed by atoms with E-state index in [0.29, 0.717) is 0 Å². The Kier molecular flexibility index (Phi) is 3.97. The Bertz CT molecular complexity index is 567. The maximum Gasteiger partial charge on any atom is 0.177 e. The van der Waals surface area contributed by atoms with E-state index in [2.05, 4.69) is 53.9 Å². The van der Waals surface area contributed by atoms with Crippen molar-refractivity contribution in [2.75, 3.05) is 6.26 Å². The monoisotopic (exact) mass is 278 g/mol. The minimum atomic E-state index is 0.171. The fourth-order valence-corrected chi connectivity index (χ4v) is 2.33. The molecular formula is C14H18N2S2. The van der Waals surface area contributed by atoms with Gasteiger partial charge in [0, 0.05) is 17.5 Å². The molecule has 0 aliphatic heterocycles. The summed E-state index contributed by atoms with van der Waals surface area (Å²) in [5.41, 5.74) is 2.35. The summed E-state index contributed by atoms with van der Waals surface area (Å²) < 4.78 is 3.14. The molecule has 96 valence electrons. The Balaban J connectivity index is 2.43. The van der Waals surface area contributed by atoms with Crippen LogP contribution >= 0.6 is 24.0 Å². The van der Waals surface area contributed by atoms with Crippen LogP contribution in [0, 0.1) is 4.77 Å². The third-order valence-corrected chi connectivity index (χ3v) is 4.60. The van der Waals surface area contributed by atoms with Crippen LogP contribution in [0.4, 0.5) is 0 Å². The molecule has 1 aromatic heterocycles. The Morgan fingerprint density at radius 1 is 1.28 bits per heavy atom. The highest BCUT2D eigenvalue weighted by molar-refractivity contribution is 7.99. The third-order valence-electron chi connectivity index (χ3n) is 3.03. The number of benzene rings is 1. The summed E-state index contributed by atoms with van der Waals surface area (Å²) in [5.74, 6) is 0. The van der Waals surface area contributed by atoms with Crippen LogP contribution in [0.15, 0.2) is 36.5 Å². The number of aromatic nitrogens is 2. The lowest BCUT2D eigenvalue weighted by atomic mass is 10.1. The first kappa shape index (κ1) is 13.4. The molecule has 2 aromatic rings. The Morgan fingerprint density at radius 3 is 2.56 bits per heavy atom. The number of imidazole rings is 1. The second-order valence-electron chi connectivity index (χ2n) is 4.90. The number of aromatic amines is 1. The molecule has 0 atom stereocenters. The minimum Gasteiger partial charge on any atom is -0.337 e. The molecular weight excluding hydrogens is 260 g/mol. The number of nitrogens with zero attached hydrogens (tertiary/aromatic N) is 1. The lowest BCUT2D eigenvalue weighted by Gasteiger charge is -2.23. The van der Waals surface area contributed by atoms with Crippen molar-refractivity contribution in [3.63, 3.8) is 0 Å². The van der Waals surface area contributed by atoms with E-state index in [1.165, 1.54) is 5.56 Å². The molecule has 0 radical (unpaired) electrons. The van der Waals surface area contributed by atoms with Crippen molar-refractivity contribution in [3.05, 3.63) is 41.3 Å². The van der Waals surface area contributed by atoms with E-state index in [1.807, 2.05) is 24.0 Å². The van der Waals surface area contributed by atoms with Gasteiger partial charge >= 0.3 is 0 Å². The van der Waals surface area contributed by atoms with Gasteiger partial charge in [0.05, 0.1) is 5.69 Å². The fraction of sp³-hybridized carbons (Fsp3) is 0.357. The quantitative estimate of drug-likeness (QED) is 0.839. The molecule has 0 unspecified atom stereocenters. The Morgan fingerprint density at radius 2 is 1.94 bits per heavy atom. The van der Waals surface area contributed by atoms with Crippen LogP contribution in [0.2, 0.25) is 0 Å². The zero-order chi connectivity index (χ0) is 13.2. The number of H-pyrrole nitrogens is 1. The number of hydrogen-bond donors (Lipinski definition) is 1. The molecule has 1 N–H and O–H groups in total. The van der Waals surface area contributed by atoms with Gasteiger partial charge in [0.15, 0.2) is 4.77 Å². The van der Waals surface area contributed by atoms with Gasteiger partial charge in [0.25, 0.3) is 0 Å². The van der Waals surface area contributed by atoms with Crippen molar-refractivity contribution in [2.24, 2.45) is 0 Å². The molecule has 0 aliphatic carbocycles. The predicted octanol–water partition coefficient (Wildman–Crippen LogP) is 4.35. The van der Waals surface area contributed by atoms with E-state index < -0.39 is 0 Å². The van der Waals surface area contributed by atoms with E-state index in [-0.39, 0.29) is 4.75 Å². The lowest BCUT2D eigenvalue weighted by Crippen LogP contribution is -2.23. The summed E-state index contributed by atoms with van der Waals surface area (Å²) in [7, 11) is 0. The van der Waals surface area contributed by atoms with E-state index in [1.54, 1.807) is 0 Å². The molecule has 0 bridgehead atoms. The summed E-state index contributed by atoms with van der Waals surface area (Å²) in [6.45, 7) is 5.38. The first-order valence-electron chi connectivity index (χ1n) is 5.92. The maximum absolute atomic E-state index is 5.39. The van der Waals surface area contributed by atoms with Gasteiger partial charge in [-0.15, -0.1) is 0 Å². The van der Waals surface area contributed by atoms with Crippen molar-refractivity contribution in [1.29, 1.82) is 0 Å². The van der Waals surface area contributed by atoms with Crippen LogP contribution in [0.5, 0.6) is 0 Å². The highest BCUT2D eigenvalue weighted by Gasteiger charge is 2.19. The predicted molar refractivity (Wildman–Crippen MR) is 82.6 cm³/mol. The van der Waals surface area contributed by atoms with Crippen molar-refractivity contribution < 1.29 is 0 Å². The molecule has 0 saturated carbocycles. The summed E-state index contributed by atoms with van der Waals surface area (Å²) >= 11 is 7.24. The average molecular weight is 278 g/mol. The summed E-state index contributed by atoms with van der Waals surface area (Å²) in [5, 5.41) is 0. The van der Waals surface area contributed by atoms with Gasteiger partial charge in [-0.05, 0) is 37.9 Å². The minimum absolute atomic E-state index is 0.171. The topological polar surface area (TPSA) is 20.7 Å². The maximum atomic E-state index is 5.39. The van der Waals surface area contributed by atoms with Crippen molar-refractivity contribution in [3.8, 4) is 11.3 Å². The van der Waals surface area contributed by atoms with Crippen LogP contribution in [-0.4, -0.2) is 20.6 Å². The molecule has 0 amide bonds. The van der Waals surface area contributed by atoms with Crippen LogP contribution in [0.3, 0.4) is 0 Å². The third kappa shape index (κ3) is 2.87. The van der Waals surface area contributed by atoms with Gasteiger partial charge in [0.2, 0.25) is 0 Å². The normalized spacial score (nSPS) is 11.7. The Labute approximate surface area is 117 Å². The molecule has 1 heterocycles. The number of thioether (sulfide) groups is 1. The van der Waals surface area contributed by atoms with E-state index in [0.717, 1.165) is 17.0 Å². The van der Waals surface area contributed by atoms with E-state index >= 15 is 0 Å². The smallest absolute Gasteiger partial charge is 0.177 e. The average Bonchev–Trinajstić information content (AvgIpc) is 2.72. The first-order valence-corrected chi connectivity index (χ1v) is 7.55. The number of hydrogen-bond acceptors (Lipinski definition) is 2. The SMILES string of the molecule is CSC(C)(C)Cn1c(-c2ccccc2)c[nH]c1=S. The second kappa shape index (κ2) is 5.33. The largest absolute Gasteiger partial charge is 0.337 e. The van der Waals surface area contributed by atoms with Crippen molar-refractivity contribution in [1.82, 2.24) is 9.55 Å². The number of rotatable bonds is 4. The molecule has 0 fully saturated rings. The van der Waals surface area contributed by atoms with Crippen LogP contribution in [0.25, 0.3) is 11.3 Å². The van der Waals surface area contributed by atoms with E-state index in [9.17, 15) is 0 Å². The molecule has 1 aromatic carbocycles. The molecule has 0 saturated heterocycles. The summed E-state index contributed by atoms with van der Waals surface area (Å²) in [6, 6.07) is 10.4. The van der Waals surface area contributed by atoms with Gasteiger partial charge in [0.1, 0.15) is 0 Å². The zero-order valence-corrected chi connectivity index (χ0v) is 12.6. The number of nitrogens with one attached hydrogen (secondary N) is 1. The van der Waals surface area contributed by atoms with Crippen molar-refractivity contribution >= 4 is 24.0 Å². The molecule has 2 nitrogen and oxygen atoms in total. The Hall–Kier alpha value is -1.00. The van der Waals surface area contributed by atoms with Crippen LogP contribution in [0.1, 0.15) is 13.8 Å². The fourth-order valence-electron chi connectivity index (χ4n) is 1.85. The summed E-state index contributed by atoms with van der Waals surface area (Å²) in [4.78, 5) is 3.15. The molecule has 4 heteroatoms. The molecule has 0 aliphatic rings. The van der Waals surface area contributed by atoms with Crippen LogP contribution in [-0.2, 0) is 6.54 Å². The second-order valence-corrected chi connectivity index (χ2v) is 6.80. The van der Waals surface area contributed by atoms with Gasteiger partial charge in [-0.1, -0.05) is 30.3 Å². The molecule has 2 rings (SSSR count). The molecule has 18 heavy (non-hydrogen) atoms. The van der Waals surface area contributed by atoms with Crippen molar-refractivity contribution in [2.45, 2.75) is 25.1 Å². The standard InChI is InChI=1S/C14H18N2S2/c1-14(2,18-3)10-16-12(9-15-13(16)17)11-7-5-4-6-8-11/h4-9H,10H2,1-3H3,(H,15,17). The van der Waals surface area contributed by atoms with Crippen LogP contribution < -0.4 is 0 Å². The van der Waals surface area contributed by atoms with Gasteiger partial charge in [-0.3, -0.25) is 0 Å². The highest BCUT2D eigenvalue weighted by Crippen LogP contribution is 2.27. The van der Waals surface area contributed by atoms with E-state index in [4.69, 9.17) is 12.2 Å². The zero-order valence-electron chi connectivity index (χ0n) is 10.9. The highest BCUT2D eigenvalue weighted by atomic mass is 32.2. The lowest BCUT2D eigenvalue weighted by molar-refractivity contribution is 0.567. The summed E-state index contributed by atoms with van der Waals surface area (Å²) in [6.07, 6.45) is 4.13. The molecule has 0 spiro atoms. The van der Waals surface area contributed by atoms with Gasteiger partial charge in [-0.2, -0.15) is 11.8 Å². The van der Waals surface area contributed by atoms with Gasteiger partial charge in [-0.25, -0.2) is 0 Å². The van der Waals surface area contributed by atoms with Gasteiger partial charge < -0.3 is 9.55 Å². The first-order chi connectivity index (χ1) is 8.53.